The fraction of sp³-hybridized carbons (Fsp3) is 0.761. The van der Waals surface area contributed by atoms with E-state index < -0.39 is 6.04 Å². The van der Waals surface area contributed by atoms with Gasteiger partial charge in [-0.1, -0.05) is 133 Å². The van der Waals surface area contributed by atoms with Gasteiger partial charge in [-0.3, -0.25) is 15.0 Å². The van der Waals surface area contributed by atoms with Crippen molar-refractivity contribution in [3.05, 3.63) is 48.6 Å². The highest BCUT2D eigenvalue weighted by molar-refractivity contribution is 5.85. The number of allylic oxidation sites excluding steroid dienone is 8. The Morgan fingerprint density at radius 1 is 0.611 bits per heavy atom. The van der Waals surface area contributed by atoms with Crippen molar-refractivity contribution in [2.24, 2.45) is 0 Å². The smallest absolute Gasteiger partial charge is 0.328 e. The molecule has 1 rings (SSSR count). The van der Waals surface area contributed by atoms with Crippen LogP contribution in [0.25, 0.3) is 0 Å². The van der Waals surface area contributed by atoms with Gasteiger partial charge in [0, 0.05) is 25.4 Å². The number of hydrogen-bond acceptors (Lipinski definition) is 6. The SMILES string of the molecule is CCCCC/C=C\C/C=C\CCCCCCCCOC(=O)C1CC(NNC(=O)CCCNC)CN1C(=O)CCCCCCC/C=C\C/C=C\CCCCC. The summed E-state index contributed by atoms with van der Waals surface area (Å²) in [6, 6.07) is -0.801. The molecule has 0 bridgehead atoms. The van der Waals surface area contributed by atoms with Crippen LogP contribution in [0.2, 0.25) is 0 Å². The van der Waals surface area contributed by atoms with Crippen molar-refractivity contribution in [2.75, 3.05) is 26.7 Å². The third kappa shape index (κ3) is 28.7. The summed E-state index contributed by atoms with van der Waals surface area (Å²) in [5.74, 6) is -0.409. The summed E-state index contributed by atoms with van der Waals surface area (Å²) >= 11 is 0. The first kappa shape index (κ1) is 49.3. The lowest BCUT2D eigenvalue weighted by Crippen LogP contribution is -2.46. The number of likely N-dealkylation sites (tertiary alicyclic amines) is 1. The van der Waals surface area contributed by atoms with Gasteiger partial charge in [0.2, 0.25) is 11.8 Å². The number of hydrogen-bond donors (Lipinski definition) is 3. The monoisotopic (exact) mass is 755 g/mol. The number of nitrogens with one attached hydrogen (secondary N) is 3. The molecule has 8 nitrogen and oxygen atoms in total. The summed E-state index contributed by atoms with van der Waals surface area (Å²) in [4.78, 5) is 40.6. The molecular weight excluding hydrogens is 673 g/mol. The summed E-state index contributed by atoms with van der Waals surface area (Å²) in [5.41, 5.74) is 5.87. The summed E-state index contributed by atoms with van der Waals surface area (Å²) < 4.78 is 5.72. The Morgan fingerprint density at radius 3 is 1.65 bits per heavy atom. The van der Waals surface area contributed by atoms with Gasteiger partial charge in [-0.25, -0.2) is 10.2 Å². The van der Waals surface area contributed by atoms with E-state index in [0.717, 1.165) is 77.2 Å². The number of carbonyl (C=O) groups excluding carboxylic acids is 3. The molecule has 1 aliphatic heterocycles. The number of unbranched alkanes of at least 4 members (excludes halogenated alkanes) is 17. The van der Waals surface area contributed by atoms with Crippen molar-refractivity contribution < 1.29 is 19.1 Å². The van der Waals surface area contributed by atoms with Crippen molar-refractivity contribution in [3.63, 3.8) is 0 Å². The van der Waals surface area contributed by atoms with Crippen LogP contribution < -0.4 is 16.2 Å². The molecule has 3 N–H and O–H groups in total. The molecule has 0 aliphatic carbocycles. The molecule has 8 heteroatoms. The molecule has 2 amide bonds. The number of rotatable bonds is 36. The first-order valence-electron chi connectivity index (χ1n) is 22.3. The summed E-state index contributed by atoms with van der Waals surface area (Å²) in [5, 5.41) is 3.05. The van der Waals surface area contributed by atoms with Gasteiger partial charge in [-0.15, -0.1) is 0 Å². The molecule has 0 spiro atoms. The maximum Gasteiger partial charge on any atom is 0.328 e. The van der Waals surface area contributed by atoms with Crippen LogP contribution in [0.5, 0.6) is 0 Å². The Balaban J connectivity index is 2.34. The number of ether oxygens (including phenoxy) is 1. The molecule has 0 radical (unpaired) electrons. The van der Waals surface area contributed by atoms with Gasteiger partial charge < -0.3 is 15.0 Å². The first-order valence-corrected chi connectivity index (χ1v) is 22.3. The Kier molecular flexibility index (Phi) is 34.0. The Morgan fingerprint density at radius 2 is 1.11 bits per heavy atom. The zero-order chi connectivity index (χ0) is 39.2. The summed E-state index contributed by atoms with van der Waals surface area (Å²) in [6.07, 6.45) is 46.8. The second-order valence-electron chi connectivity index (χ2n) is 15.1. The topological polar surface area (TPSA) is 99.8 Å². The molecule has 1 saturated heterocycles. The molecule has 54 heavy (non-hydrogen) atoms. The minimum atomic E-state index is -0.612. The van der Waals surface area contributed by atoms with Gasteiger partial charge in [0.1, 0.15) is 6.04 Å². The Hall–Kier alpha value is -2.71. The lowest BCUT2D eigenvalue weighted by Gasteiger charge is -2.23. The molecule has 1 heterocycles. The van der Waals surface area contributed by atoms with E-state index in [4.69, 9.17) is 4.74 Å². The highest BCUT2D eigenvalue weighted by Gasteiger charge is 2.40. The minimum Gasteiger partial charge on any atom is -0.464 e. The number of hydrazine groups is 1. The molecule has 310 valence electrons. The van der Waals surface area contributed by atoms with Gasteiger partial charge in [-0.2, -0.15) is 0 Å². The van der Waals surface area contributed by atoms with Crippen molar-refractivity contribution in [3.8, 4) is 0 Å². The third-order valence-corrected chi connectivity index (χ3v) is 10.1. The quantitative estimate of drug-likeness (QED) is 0.0255. The maximum absolute atomic E-state index is 13.4. The van der Waals surface area contributed by atoms with Crippen molar-refractivity contribution in [1.82, 2.24) is 21.1 Å². The average Bonchev–Trinajstić information content (AvgIpc) is 3.61. The molecule has 2 unspecified atom stereocenters. The van der Waals surface area contributed by atoms with E-state index in [1.807, 2.05) is 7.05 Å². The molecule has 0 aromatic carbocycles. The van der Waals surface area contributed by atoms with E-state index in [1.165, 1.54) is 83.5 Å². The lowest BCUT2D eigenvalue weighted by atomic mass is 10.1. The lowest BCUT2D eigenvalue weighted by molar-refractivity contribution is -0.153. The number of nitrogens with zero attached hydrogens (tertiary/aromatic N) is 1. The molecule has 1 fully saturated rings. The standard InChI is InChI=1S/C46H82N4O4/c1-4-6-8-10-12-14-16-18-20-22-24-26-28-30-32-34-39-54-46(53)43-40-42(48-49-44(51)36-35-38-47-3)41-50(43)45(52)37-33-31-29-27-25-23-21-19-17-15-13-11-9-7-5-2/h12-15,18-21,42-43,47-48H,4-11,16-17,22-41H2,1-3H3,(H,49,51)/b14-12-,15-13-,20-18-,21-19-. The molecule has 0 aromatic heterocycles. The van der Waals surface area contributed by atoms with Gasteiger partial charge in [0.05, 0.1) is 6.61 Å². The largest absolute Gasteiger partial charge is 0.464 e. The van der Waals surface area contributed by atoms with Crippen LogP contribution in [-0.4, -0.2) is 61.5 Å². The van der Waals surface area contributed by atoms with Crippen LogP contribution in [-0.2, 0) is 19.1 Å². The fourth-order valence-electron chi connectivity index (χ4n) is 6.70. The summed E-state index contributed by atoms with van der Waals surface area (Å²) in [7, 11) is 1.87. The molecular formula is C46H82N4O4. The van der Waals surface area contributed by atoms with Gasteiger partial charge >= 0.3 is 5.97 Å². The molecule has 0 aromatic rings. The Bertz CT molecular complexity index is 1040. The van der Waals surface area contributed by atoms with Gasteiger partial charge in [0.25, 0.3) is 0 Å². The normalized spacial score (nSPS) is 16.2. The van der Waals surface area contributed by atoms with Crippen LogP contribution >= 0.6 is 0 Å². The fourth-order valence-corrected chi connectivity index (χ4v) is 6.70. The minimum absolute atomic E-state index is 0.000924. The van der Waals surface area contributed by atoms with E-state index in [0.29, 0.717) is 32.4 Å². The van der Waals surface area contributed by atoms with Crippen LogP contribution in [0, 0.1) is 0 Å². The van der Waals surface area contributed by atoms with Crippen molar-refractivity contribution in [2.45, 2.75) is 199 Å². The third-order valence-electron chi connectivity index (χ3n) is 10.1. The van der Waals surface area contributed by atoms with Crippen LogP contribution in [0.4, 0.5) is 0 Å². The number of amides is 2. The number of esters is 1. The number of carbonyl (C=O) groups is 3. The predicted octanol–water partition coefficient (Wildman–Crippen LogP) is 10.7. The second-order valence-corrected chi connectivity index (χ2v) is 15.1. The zero-order valence-corrected chi connectivity index (χ0v) is 35.1. The Labute approximate surface area is 331 Å². The maximum atomic E-state index is 13.4. The van der Waals surface area contributed by atoms with E-state index in [9.17, 15) is 14.4 Å². The predicted molar refractivity (Wildman–Crippen MR) is 228 cm³/mol. The zero-order valence-electron chi connectivity index (χ0n) is 35.1. The van der Waals surface area contributed by atoms with Crippen molar-refractivity contribution >= 4 is 17.8 Å². The molecule has 1 aliphatic rings. The first-order chi connectivity index (χ1) is 26.5. The van der Waals surface area contributed by atoms with Crippen LogP contribution in [0.1, 0.15) is 187 Å². The van der Waals surface area contributed by atoms with E-state index >= 15 is 0 Å². The second kappa shape index (κ2) is 37.2. The molecule has 2 atom stereocenters. The van der Waals surface area contributed by atoms with Gasteiger partial charge in [0.15, 0.2) is 0 Å². The van der Waals surface area contributed by atoms with E-state index in [1.54, 1.807) is 4.90 Å². The van der Waals surface area contributed by atoms with E-state index in [-0.39, 0.29) is 23.8 Å². The molecule has 0 saturated carbocycles. The average molecular weight is 755 g/mol. The summed E-state index contributed by atoms with van der Waals surface area (Å²) in [6.45, 7) is 6.03. The van der Waals surface area contributed by atoms with E-state index in [2.05, 4.69) is 78.6 Å². The van der Waals surface area contributed by atoms with Crippen LogP contribution in [0.15, 0.2) is 48.6 Å². The highest BCUT2D eigenvalue weighted by Crippen LogP contribution is 2.22. The highest BCUT2D eigenvalue weighted by atomic mass is 16.5. The van der Waals surface area contributed by atoms with Gasteiger partial charge in [-0.05, 0) is 103 Å². The van der Waals surface area contributed by atoms with Crippen molar-refractivity contribution in [1.29, 1.82) is 0 Å². The van der Waals surface area contributed by atoms with Crippen LogP contribution in [0.3, 0.4) is 0 Å².